The van der Waals surface area contributed by atoms with Gasteiger partial charge in [-0.1, -0.05) is 31.4 Å². The van der Waals surface area contributed by atoms with Crippen LogP contribution in [0.25, 0.3) is 0 Å². The van der Waals surface area contributed by atoms with Gasteiger partial charge < -0.3 is 9.47 Å². The Bertz CT molecular complexity index is 462. The molecule has 0 N–H and O–H groups in total. The highest BCUT2D eigenvalue weighted by atomic mass is 35.5. The van der Waals surface area contributed by atoms with Gasteiger partial charge in [-0.25, -0.2) is 0 Å². The van der Waals surface area contributed by atoms with E-state index in [1.165, 1.54) is 24.8 Å². The van der Waals surface area contributed by atoms with Crippen molar-refractivity contribution in [2.24, 2.45) is 0 Å². The van der Waals surface area contributed by atoms with Crippen molar-refractivity contribution in [2.75, 3.05) is 13.3 Å². The van der Waals surface area contributed by atoms with E-state index < -0.39 is 0 Å². The second-order valence-corrected chi connectivity index (χ2v) is 6.37. The number of nitrogens with zero attached hydrogens (tertiary/aromatic N) is 1. The number of benzene rings is 1. The lowest BCUT2D eigenvalue weighted by atomic mass is 10.1. The van der Waals surface area contributed by atoms with Crippen LogP contribution in [0.5, 0.6) is 5.75 Å². The maximum atomic E-state index is 6.24. The van der Waals surface area contributed by atoms with Crippen LogP contribution >= 0.6 is 11.6 Å². The van der Waals surface area contributed by atoms with Gasteiger partial charge in [0.15, 0.2) is 6.79 Å². The van der Waals surface area contributed by atoms with Crippen LogP contribution in [0.4, 0.5) is 0 Å². The van der Waals surface area contributed by atoms with Crippen LogP contribution in [0.2, 0.25) is 5.02 Å². The van der Waals surface area contributed by atoms with Crippen LogP contribution in [0.15, 0.2) is 12.1 Å². The standard InChI is InChI=1S/C17H26ClNO2/c1-4-5-6-7-19(13(2)3)10-14-8-16(18)9-15-11-20-12-21-17(14)15/h8-9,13H,4-7,10-12H2,1-3H3. The molecule has 0 unspecified atom stereocenters. The van der Waals surface area contributed by atoms with Gasteiger partial charge in [-0.05, 0) is 38.9 Å². The summed E-state index contributed by atoms with van der Waals surface area (Å²) in [6, 6.07) is 4.48. The van der Waals surface area contributed by atoms with E-state index in [0.717, 1.165) is 29.4 Å². The molecule has 1 aromatic carbocycles. The number of fused-ring (bicyclic) bond motifs is 1. The maximum absolute atomic E-state index is 6.24. The lowest BCUT2D eigenvalue weighted by molar-refractivity contribution is -0.0175. The molecule has 0 fully saturated rings. The molecule has 0 saturated carbocycles. The molecule has 0 spiro atoms. The predicted octanol–water partition coefficient (Wildman–Crippen LogP) is 4.61. The number of ether oxygens (including phenoxy) is 2. The highest BCUT2D eigenvalue weighted by Crippen LogP contribution is 2.32. The van der Waals surface area contributed by atoms with Crippen molar-refractivity contribution >= 4 is 11.6 Å². The molecule has 1 aromatic rings. The first-order chi connectivity index (χ1) is 10.1. The van der Waals surface area contributed by atoms with Crippen LogP contribution in [0.3, 0.4) is 0 Å². The Kier molecular flexibility index (Phi) is 6.34. The lowest BCUT2D eigenvalue weighted by Gasteiger charge is -2.29. The topological polar surface area (TPSA) is 21.7 Å². The second kappa shape index (κ2) is 8.02. The summed E-state index contributed by atoms with van der Waals surface area (Å²) in [6.07, 6.45) is 3.77. The second-order valence-electron chi connectivity index (χ2n) is 5.94. The summed E-state index contributed by atoms with van der Waals surface area (Å²) in [7, 11) is 0. The summed E-state index contributed by atoms with van der Waals surface area (Å²) < 4.78 is 11.1. The highest BCUT2D eigenvalue weighted by molar-refractivity contribution is 6.30. The number of unbranched alkanes of at least 4 members (excludes halogenated alkanes) is 2. The van der Waals surface area contributed by atoms with E-state index in [2.05, 4.69) is 25.7 Å². The van der Waals surface area contributed by atoms with E-state index in [1.807, 2.05) is 12.1 Å². The van der Waals surface area contributed by atoms with Crippen molar-refractivity contribution in [2.45, 2.75) is 59.2 Å². The molecular weight excluding hydrogens is 286 g/mol. The third kappa shape index (κ3) is 4.60. The highest BCUT2D eigenvalue weighted by Gasteiger charge is 2.19. The van der Waals surface area contributed by atoms with Crippen molar-refractivity contribution in [1.29, 1.82) is 0 Å². The molecule has 0 bridgehead atoms. The summed E-state index contributed by atoms with van der Waals surface area (Å²) in [4.78, 5) is 2.49. The van der Waals surface area contributed by atoms with Crippen LogP contribution < -0.4 is 4.74 Å². The zero-order valence-corrected chi connectivity index (χ0v) is 14.1. The van der Waals surface area contributed by atoms with Crippen molar-refractivity contribution in [3.05, 3.63) is 28.3 Å². The van der Waals surface area contributed by atoms with Crippen LogP contribution in [0, 0.1) is 0 Å². The van der Waals surface area contributed by atoms with Gasteiger partial charge >= 0.3 is 0 Å². The summed E-state index contributed by atoms with van der Waals surface area (Å²) in [5.41, 5.74) is 2.23. The summed E-state index contributed by atoms with van der Waals surface area (Å²) in [6.45, 7) is 9.63. The fourth-order valence-corrected chi connectivity index (χ4v) is 2.94. The molecule has 0 aromatic heterocycles. The van der Waals surface area contributed by atoms with Crippen LogP contribution in [-0.4, -0.2) is 24.3 Å². The Hall–Kier alpha value is -0.770. The third-order valence-electron chi connectivity index (χ3n) is 3.90. The average molecular weight is 312 g/mol. The van der Waals surface area contributed by atoms with Gasteiger partial charge in [-0.15, -0.1) is 0 Å². The number of hydrogen-bond donors (Lipinski definition) is 0. The van der Waals surface area contributed by atoms with Gasteiger partial charge in [0, 0.05) is 28.7 Å². The Morgan fingerprint density at radius 1 is 1.29 bits per heavy atom. The normalized spacial score (nSPS) is 14.4. The van der Waals surface area contributed by atoms with E-state index in [-0.39, 0.29) is 0 Å². The maximum Gasteiger partial charge on any atom is 0.189 e. The first-order valence-electron chi connectivity index (χ1n) is 7.87. The number of halogens is 1. The Balaban J connectivity index is 2.14. The summed E-state index contributed by atoms with van der Waals surface area (Å²) in [5.74, 6) is 0.965. The molecule has 21 heavy (non-hydrogen) atoms. The molecule has 1 aliphatic heterocycles. The van der Waals surface area contributed by atoms with Crippen LogP contribution in [-0.2, 0) is 17.9 Å². The monoisotopic (exact) mass is 311 g/mol. The van der Waals surface area contributed by atoms with Gasteiger partial charge in [0.2, 0.25) is 0 Å². The van der Waals surface area contributed by atoms with Gasteiger partial charge in [-0.2, -0.15) is 0 Å². The van der Waals surface area contributed by atoms with Gasteiger partial charge in [0.1, 0.15) is 5.75 Å². The van der Waals surface area contributed by atoms with Gasteiger partial charge in [0.05, 0.1) is 6.61 Å². The molecule has 1 heterocycles. The van der Waals surface area contributed by atoms with Crippen molar-refractivity contribution in [1.82, 2.24) is 4.90 Å². The fourth-order valence-electron chi connectivity index (χ4n) is 2.68. The fraction of sp³-hybridized carbons (Fsp3) is 0.647. The summed E-state index contributed by atoms with van der Waals surface area (Å²) >= 11 is 6.24. The van der Waals surface area contributed by atoms with E-state index in [0.29, 0.717) is 19.4 Å². The SMILES string of the molecule is CCCCCN(Cc1cc(Cl)cc2c1OCOC2)C(C)C. The molecule has 118 valence electrons. The molecule has 4 heteroatoms. The predicted molar refractivity (Wildman–Crippen MR) is 86.8 cm³/mol. The quantitative estimate of drug-likeness (QED) is 0.687. The largest absolute Gasteiger partial charge is 0.467 e. The molecule has 0 amide bonds. The minimum absolute atomic E-state index is 0.332. The molecule has 3 nitrogen and oxygen atoms in total. The molecule has 0 aliphatic carbocycles. The van der Waals surface area contributed by atoms with Crippen molar-refractivity contribution in [3.8, 4) is 5.75 Å². The molecule has 2 rings (SSSR count). The molecule has 0 saturated heterocycles. The van der Waals surface area contributed by atoms with E-state index in [4.69, 9.17) is 21.1 Å². The third-order valence-corrected chi connectivity index (χ3v) is 4.12. The minimum Gasteiger partial charge on any atom is -0.467 e. The van der Waals surface area contributed by atoms with Crippen molar-refractivity contribution in [3.63, 3.8) is 0 Å². The number of hydrogen-bond acceptors (Lipinski definition) is 3. The van der Waals surface area contributed by atoms with E-state index in [1.54, 1.807) is 0 Å². The minimum atomic E-state index is 0.332. The van der Waals surface area contributed by atoms with Crippen LogP contribution in [0.1, 0.15) is 51.2 Å². The van der Waals surface area contributed by atoms with Gasteiger partial charge in [-0.3, -0.25) is 4.90 Å². The molecule has 0 atom stereocenters. The Morgan fingerprint density at radius 2 is 2.10 bits per heavy atom. The first kappa shape index (κ1) is 16.6. The molecular formula is C17H26ClNO2. The first-order valence-corrected chi connectivity index (χ1v) is 8.25. The zero-order valence-electron chi connectivity index (χ0n) is 13.3. The molecule has 1 aliphatic rings. The smallest absolute Gasteiger partial charge is 0.189 e. The Morgan fingerprint density at radius 3 is 2.81 bits per heavy atom. The zero-order chi connectivity index (χ0) is 15.2. The average Bonchev–Trinajstić information content (AvgIpc) is 2.46. The Labute approximate surface area is 133 Å². The summed E-state index contributed by atoms with van der Waals surface area (Å²) in [5, 5.41) is 0.759. The molecule has 0 radical (unpaired) electrons. The number of rotatable bonds is 7. The van der Waals surface area contributed by atoms with Crippen molar-refractivity contribution < 1.29 is 9.47 Å². The lowest BCUT2D eigenvalue weighted by Crippen LogP contribution is -2.31. The van der Waals surface area contributed by atoms with E-state index >= 15 is 0 Å². The van der Waals surface area contributed by atoms with Gasteiger partial charge in [0.25, 0.3) is 0 Å². The van der Waals surface area contributed by atoms with E-state index in [9.17, 15) is 0 Å².